The Morgan fingerprint density at radius 3 is 2.51 bits per heavy atom. The molecule has 2 aromatic heterocycles. The molecule has 5 rings (SSSR count). The van der Waals surface area contributed by atoms with Gasteiger partial charge in [0.15, 0.2) is 0 Å². The van der Waals surface area contributed by atoms with Gasteiger partial charge in [-0.3, -0.25) is 0 Å². The quantitative estimate of drug-likeness (QED) is 0.554. The molecular weight excluding hydrogens is 462 g/mol. The highest BCUT2D eigenvalue weighted by Gasteiger charge is 2.49. The Morgan fingerprint density at radius 1 is 1.09 bits per heavy atom. The van der Waals surface area contributed by atoms with Gasteiger partial charge in [-0.05, 0) is 68.7 Å². The van der Waals surface area contributed by atoms with Gasteiger partial charge in [-0.2, -0.15) is 0 Å². The van der Waals surface area contributed by atoms with Crippen LogP contribution in [0, 0.1) is 5.41 Å². The summed E-state index contributed by atoms with van der Waals surface area (Å²) in [6.07, 6.45) is 5.98. The summed E-state index contributed by atoms with van der Waals surface area (Å²) in [5.74, 6) is 1.83. The van der Waals surface area contributed by atoms with Crippen LogP contribution in [0.1, 0.15) is 50.8 Å². The normalized spacial score (nSPS) is 20.0. The Bertz CT molecular complexity index is 1200. The fourth-order valence-corrected chi connectivity index (χ4v) is 5.85. The fourth-order valence-electron chi connectivity index (χ4n) is 4.90. The molecule has 35 heavy (non-hydrogen) atoms. The van der Waals surface area contributed by atoms with E-state index in [0.717, 1.165) is 32.4 Å². The van der Waals surface area contributed by atoms with Crippen molar-refractivity contribution in [2.24, 2.45) is 5.41 Å². The number of aromatic nitrogens is 4. The number of nitrogens with two attached hydrogens (primary N) is 1. The van der Waals surface area contributed by atoms with Crippen molar-refractivity contribution in [3.63, 3.8) is 0 Å². The zero-order chi connectivity index (χ0) is 24.6. The maximum atomic E-state index is 13.1. The highest BCUT2D eigenvalue weighted by Crippen LogP contribution is 2.52. The Kier molecular flexibility index (Phi) is 6.18. The minimum Gasteiger partial charge on any atom is -0.435 e. The Morgan fingerprint density at radius 2 is 1.86 bits per heavy atom. The molecule has 1 saturated heterocycles. The summed E-state index contributed by atoms with van der Waals surface area (Å²) >= 11 is 0. The van der Waals surface area contributed by atoms with E-state index < -0.39 is 11.0 Å². The second kappa shape index (κ2) is 9.16. The Balaban J connectivity index is 1.28. The molecule has 1 aromatic carbocycles. The van der Waals surface area contributed by atoms with Gasteiger partial charge in [0.1, 0.15) is 11.6 Å². The van der Waals surface area contributed by atoms with Gasteiger partial charge in [-0.15, -0.1) is 10.2 Å². The standard InChI is InChI=1S/C25H31N7O2S/c1-24(2,3)35(33)31-22-19-7-5-4-6-17(19)14-25(22)10-12-32(13-11-25)23-28-16-21(29-30-23)34-18-8-9-20(26)27-15-18/h4-9,15-16,22,31H,10-14H2,1-3H3,(H2,26,27)/t22-,35-/m1/s1. The second-order valence-electron chi connectivity index (χ2n) is 10.3. The van der Waals surface area contributed by atoms with Crippen molar-refractivity contribution in [2.45, 2.75) is 50.8 Å². The summed E-state index contributed by atoms with van der Waals surface area (Å²) in [5, 5.41) is 8.49. The number of nitrogens with zero attached hydrogens (tertiary/aromatic N) is 5. The van der Waals surface area contributed by atoms with E-state index in [1.54, 1.807) is 18.3 Å². The lowest BCUT2D eigenvalue weighted by atomic mass is 9.73. The van der Waals surface area contributed by atoms with Gasteiger partial charge in [0.2, 0.25) is 5.95 Å². The first kappa shape index (κ1) is 23.6. The van der Waals surface area contributed by atoms with Gasteiger partial charge in [-0.1, -0.05) is 24.3 Å². The first-order chi connectivity index (χ1) is 16.7. The zero-order valence-corrected chi connectivity index (χ0v) is 21.1. The maximum absolute atomic E-state index is 13.1. The average molecular weight is 494 g/mol. The zero-order valence-electron chi connectivity index (χ0n) is 20.3. The third-order valence-corrected chi connectivity index (χ3v) is 8.42. The summed E-state index contributed by atoms with van der Waals surface area (Å²) in [6, 6.07) is 12.0. The van der Waals surface area contributed by atoms with Crippen LogP contribution in [0.25, 0.3) is 0 Å². The number of pyridine rings is 1. The molecule has 0 unspecified atom stereocenters. The smallest absolute Gasteiger partial charge is 0.257 e. The van der Waals surface area contributed by atoms with Crippen LogP contribution < -0.4 is 20.1 Å². The van der Waals surface area contributed by atoms with Crippen molar-refractivity contribution in [1.29, 1.82) is 0 Å². The molecule has 1 aliphatic heterocycles. The van der Waals surface area contributed by atoms with Crippen LogP contribution >= 0.6 is 0 Å². The molecule has 0 bridgehead atoms. The molecule has 1 spiro atoms. The number of piperidine rings is 1. The third kappa shape index (κ3) is 4.85. The van der Waals surface area contributed by atoms with E-state index in [1.807, 2.05) is 20.8 Å². The Labute approximate surface area is 208 Å². The molecule has 184 valence electrons. The van der Waals surface area contributed by atoms with Crippen molar-refractivity contribution >= 4 is 22.8 Å². The molecule has 3 N–H and O–H groups in total. The first-order valence-electron chi connectivity index (χ1n) is 11.8. The van der Waals surface area contributed by atoms with Gasteiger partial charge in [0, 0.05) is 13.1 Å². The molecule has 10 heteroatoms. The van der Waals surface area contributed by atoms with Gasteiger partial charge < -0.3 is 15.4 Å². The third-order valence-electron chi connectivity index (χ3n) is 6.85. The van der Waals surface area contributed by atoms with Crippen LogP contribution in [-0.4, -0.2) is 42.2 Å². The molecule has 2 aliphatic rings. The summed E-state index contributed by atoms with van der Waals surface area (Å²) < 4.78 is 21.9. The number of rotatable bonds is 5. The molecule has 3 heterocycles. The SMILES string of the molecule is CC(C)(C)[S@@](=O)N[C@@H]1c2ccccc2CC12CCN(c1ncc(Oc3ccc(N)nc3)nn1)CC2. The van der Waals surface area contributed by atoms with Crippen molar-refractivity contribution in [3.05, 3.63) is 59.9 Å². The molecule has 9 nitrogen and oxygen atoms in total. The first-order valence-corrected chi connectivity index (χ1v) is 13.0. The van der Waals surface area contributed by atoms with Crippen LogP contribution in [0.2, 0.25) is 0 Å². The van der Waals surface area contributed by atoms with Crippen LogP contribution in [0.5, 0.6) is 11.6 Å². The van der Waals surface area contributed by atoms with E-state index in [2.05, 4.69) is 54.1 Å². The number of anilines is 2. The van der Waals surface area contributed by atoms with E-state index >= 15 is 0 Å². The van der Waals surface area contributed by atoms with Crippen LogP contribution in [-0.2, 0) is 17.4 Å². The van der Waals surface area contributed by atoms with E-state index in [9.17, 15) is 4.21 Å². The topological polar surface area (TPSA) is 119 Å². The number of nitrogen functional groups attached to an aromatic ring is 1. The van der Waals surface area contributed by atoms with E-state index in [-0.39, 0.29) is 16.2 Å². The molecule has 0 amide bonds. The number of ether oxygens (including phenoxy) is 1. The molecule has 1 aliphatic carbocycles. The molecule has 1 fully saturated rings. The van der Waals surface area contributed by atoms with Crippen molar-refractivity contribution in [3.8, 4) is 11.6 Å². The van der Waals surface area contributed by atoms with E-state index in [0.29, 0.717) is 23.4 Å². The number of fused-ring (bicyclic) bond motifs is 1. The lowest BCUT2D eigenvalue weighted by Gasteiger charge is -2.43. The average Bonchev–Trinajstić information content (AvgIpc) is 3.13. The fraction of sp³-hybridized carbons (Fsp3) is 0.440. The highest BCUT2D eigenvalue weighted by atomic mass is 32.2. The molecule has 2 atom stereocenters. The molecule has 0 saturated carbocycles. The summed E-state index contributed by atoms with van der Waals surface area (Å²) in [5.41, 5.74) is 8.24. The lowest BCUT2D eigenvalue weighted by molar-refractivity contribution is 0.176. The van der Waals surface area contributed by atoms with Crippen LogP contribution in [0.3, 0.4) is 0 Å². The number of nitrogens with one attached hydrogen (secondary N) is 1. The predicted molar refractivity (Wildman–Crippen MR) is 136 cm³/mol. The molecular formula is C25H31N7O2S. The van der Waals surface area contributed by atoms with Crippen molar-refractivity contribution < 1.29 is 8.95 Å². The monoisotopic (exact) mass is 493 g/mol. The largest absolute Gasteiger partial charge is 0.435 e. The van der Waals surface area contributed by atoms with Crippen molar-refractivity contribution in [1.82, 2.24) is 24.9 Å². The highest BCUT2D eigenvalue weighted by molar-refractivity contribution is 7.84. The Hall–Kier alpha value is -3.11. The van der Waals surface area contributed by atoms with Gasteiger partial charge in [-0.25, -0.2) is 18.9 Å². The minimum atomic E-state index is -1.15. The predicted octanol–water partition coefficient (Wildman–Crippen LogP) is 3.58. The lowest BCUT2D eigenvalue weighted by Crippen LogP contribution is -2.48. The molecule has 0 radical (unpaired) electrons. The van der Waals surface area contributed by atoms with E-state index in [1.165, 1.54) is 17.3 Å². The number of hydrogen-bond donors (Lipinski definition) is 2. The van der Waals surface area contributed by atoms with Crippen molar-refractivity contribution in [2.75, 3.05) is 23.7 Å². The minimum absolute atomic E-state index is 0.0136. The summed E-state index contributed by atoms with van der Waals surface area (Å²) in [6.45, 7) is 7.63. The second-order valence-corrected chi connectivity index (χ2v) is 12.3. The summed E-state index contributed by atoms with van der Waals surface area (Å²) in [4.78, 5) is 10.7. The number of benzene rings is 1. The maximum Gasteiger partial charge on any atom is 0.257 e. The summed E-state index contributed by atoms with van der Waals surface area (Å²) in [7, 11) is -1.15. The van der Waals surface area contributed by atoms with Crippen LogP contribution in [0.4, 0.5) is 11.8 Å². The number of hydrogen-bond acceptors (Lipinski definition) is 8. The van der Waals surface area contributed by atoms with Gasteiger partial charge in [0.25, 0.3) is 5.88 Å². The van der Waals surface area contributed by atoms with E-state index in [4.69, 9.17) is 10.5 Å². The van der Waals surface area contributed by atoms with Gasteiger partial charge in [0.05, 0.1) is 34.2 Å². The molecule has 3 aromatic rings. The van der Waals surface area contributed by atoms with Gasteiger partial charge >= 0.3 is 0 Å². The van der Waals surface area contributed by atoms with Crippen LogP contribution in [0.15, 0.2) is 48.8 Å².